The normalized spacial score (nSPS) is 20.6. The highest BCUT2D eigenvalue weighted by molar-refractivity contribution is 7.93. The van der Waals surface area contributed by atoms with Crippen LogP contribution < -0.4 is 10.2 Å². The van der Waals surface area contributed by atoms with Crippen LogP contribution in [0.4, 0.5) is 10.2 Å². The summed E-state index contributed by atoms with van der Waals surface area (Å²) in [4.78, 5) is 25.6. The van der Waals surface area contributed by atoms with Crippen molar-refractivity contribution in [2.45, 2.75) is 25.0 Å². The molecule has 2 fully saturated rings. The van der Waals surface area contributed by atoms with Gasteiger partial charge in [-0.05, 0) is 18.6 Å². The van der Waals surface area contributed by atoms with Crippen LogP contribution in [0.2, 0.25) is 5.02 Å². The van der Waals surface area contributed by atoms with Gasteiger partial charge in [0.1, 0.15) is 17.3 Å². The number of hydrogen-bond donors (Lipinski definition) is 1. The van der Waals surface area contributed by atoms with E-state index in [9.17, 15) is 17.6 Å². The van der Waals surface area contributed by atoms with Gasteiger partial charge in [-0.2, -0.15) is 0 Å². The fraction of sp³-hybridized carbons (Fsp3) is 0.435. The van der Waals surface area contributed by atoms with Gasteiger partial charge in [0.2, 0.25) is 0 Å². The third kappa shape index (κ3) is 6.16. The Labute approximate surface area is 208 Å². The van der Waals surface area contributed by atoms with Crippen LogP contribution in [0.25, 0.3) is 0 Å². The number of piperazine rings is 1. The van der Waals surface area contributed by atoms with E-state index in [1.54, 1.807) is 13.0 Å². The molecule has 0 bridgehead atoms. The summed E-state index contributed by atoms with van der Waals surface area (Å²) < 4.78 is 42.1. The van der Waals surface area contributed by atoms with Crippen LogP contribution in [0.1, 0.15) is 29.0 Å². The summed E-state index contributed by atoms with van der Waals surface area (Å²) in [7, 11) is -3.29. The Morgan fingerprint density at radius 1 is 1.29 bits per heavy atom. The Balaban J connectivity index is 1.52. The van der Waals surface area contributed by atoms with Crippen LogP contribution in [-0.2, 0) is 14.6 Å². The van der Waals surface area contributed by atoms with Crippen LogP contribution in [0, 0.1) is 5.82 Å². The molecular formula is C23H27ClFN5O4S. The van der Waals surface area contributed by atoms with Crippen molar-refractivity contribution in [3.05, 3.63) is 64.2 Å². The van der Waals surface area contributed by atoms with Crippen LogP contribution >= 0.6 is 11.6 Å². The van der Waals surface area contributed by atoms with Crippen molar-refractivity contribution >= 4 is 33.2 Å². The lowest BCUT2D eigenvalue weighted by Crippen LogP contribution is -2.57. The molecule has 2 saturated heterocycles. The molecule has 0 spiro atoms. The Hall–Kier alpha value is -2.60. The smallest absolute Gasteiger partial charge is 0.271 e. The molecule has 9 nitrogen and oxygen atoms in total. The summed E-state index contributed by atoms with van der Waals surface area (Å²) in [6.45, 7) is 5.00. The summed E-state index contributed by atoms with van der Waals surface area (Å²) in [6, 6.07) is 4.33. The number of halogens is 2. The molecule has 1 N–H and O–H groups in total. The molecule has 1 aromatic carbocycles. The van der Waals surface area contributed by atoms with Crippen LogP contribution in [-0.4, -0.2) is 80.4 Å². The number of aromatic nitrogens is 2. The Morgan fingerprint density at radius 2 is 2.06 bits per heavy atom. The van der Waals surface area contributed by atoms with E-state index >= 15 is 0 Å². The van der Waals surface area contributed by atoms with E-state index in [1.165, 1.54) is 24.5 Å². The molecule has 2 aromatic rings. The zero-order valence-electron chi connectivity index (χ0n) is 19.4. The Kier molecular flexibility index (Phi) is 7.70. The Morgan fingerprint density at radius 3 is 2.69 bits per heavy atom. The third-order valence-electron chi connectivity index (χ3n) is 6.03. The third-order valence-corrected chi connectivity index (χ3v) is 7.08. The first-order chi connectivity index (χ1) is 16.6. The summed E-state index contributed by atoms with van der Waals surface area (Å²) in [5.74, 6) is -0.416. The van der Waals surface area contributed by atoms with Gasteiger partial charge in [-0.3, -0.25) is 9.69 Å². The number of hydrogen-bond acceptors (Lipinski definition) is 8. The zero-order valence-corrected chi connectivity index (χ0v) is 21.0. The molecule has 12 heteroatoms. The van der Waals surface area contributed by atoms with Crippen molar-refractivity contribution in [2.75, 3.05) is 44.0 Å². The number of benzene rings is 1. The minimum atomic E-state index is -3.29. The Bertz CT molecular complexity index is 1210. The number of sulfone groups is 1. The van der Waals surface area contributed by atoms with Gasteiger partial charge >= 0.3 is 0 Å². The number of ether oxygens (including phenoxy) is 1. The van der Waals surface area contributed by atoms with Gasteiger partial charge < -0.3 is 15.0 Å². The fourth-order valence-electron chi connectivity index (χ4n) is 4.06. The second-order valence-corrected chi connectivity index (χ2v) is 11.0. The van der Waals surface area contributed by atoms with Crippen molar-refractivity contribution in [3.63, 3.8) is 0 Å². The summed E-state index contributed by atoms with van der Waals surface area (Å²) in [5.41, 5.74) is 0.755. The molecule has 1 aromatic heterocycles. The van der Waals surface area contributed by atoms with Crippen molar-refractivity contribution in [1.82, 2.24) is 20.2 Å². The molecule has 0 aliphatic carbocycles. The largest absolute Gasteiger partial charge is 0.378 e. The molecule has 2 aliphatic rings. The topological polar surface area (TPSA) is 105 Å². The van der Waals surface area contributed by atoms with E-state index in [-0.39, 0.29) is 16.8 Å². The fourth-order valence-corrected chi connectivity index (χ4v) is 4.84. The van der Waals surface area contributed by atoms with E-state index in [1.807, 2.05) is 11.0 Å². The molecular weight excluding hydrogens is 497 g/mol. The predicted molar refractivity (Wildman–Crippen MR) is 131 cm³/mol. The van der Waals surface area contributed by atoms with Crippen molar-refractivity contribution < 1.29 is 22.3 Å². The van der Waals surface area contributed by atoms with Gasteiger partial charge in [-0.15, -0.1) is 0 Å². The van der Waals surface area contributed by atoms with Crippen molar-refractivity contribution in [2.24, 2.45) is 0 Å². The van der Waals surface area contributed by atoms with Gasteiger partial charge in [0, 0.05) is 37.3 Å². The lowest BCUT2D eigenvalue weighted by atomic mass is 10.00. The van der Waals surface area contributed by atoms with E-state index in [0.29, 0.717) is 43.7 Å². The standard InChI is InChI=1S/C23H27ClFN5O4S/c1-15(6-9-35(2,32)33)28-23(31)19-10-27-21(11-26-19)30-8-7-29(16-13-34-14-16)12-20(30)17-4-3-5-18(25)22(17)24/h3-6,9-11,15-16,20H,7-8,12-14H2,1-2H3,(H,28,31)/b9-6+/t15-,20?/m1/s1. The molecule has 0 saturated carbocycles. The summed E-state index contributed by atoms with van der Waals surface area (Å²) in [5, 5.41) is 3.78. The minimum Gasteiger partial charge on any atom is -0.378 e. The van der Waals surface area contributed by atoms with Gasteiger partial charge in [0.05, 0.1) is 42.7 Å². The maximum atomic E-state index is 14.3. The van der Waals surface area contributed by atoms with Crippen LogP contribution in [0.5, 0.6) is 0 Å². The quantitative estimate of drug-likeness (QED) is 0.589. The molecule has 2 atom stereocenters. The molecule has 35 heavy (non-hydrogen) atoms. The average Bonchev–Trinajstić information content (AvgIpc) is 2.78. The molecule has 2 aliphatic heterocycles. The van der Waals surface area contributed by atoms with E-state index < -0.39 is 27.6 Å². The first-order valence-corrected chi connectivity index (χ1v) is 13.5. The number of rotatable bonds is 7. The predicted octanol–water partition coefficient (Wildman–Crippen LogP) is 2.21. The van der Waals surface area contributed by atoms with E-state index in [2.05, 4.69) is 20.2 Å². The first kappa shape index (κ1) is 25.5. The van der Waals surface area contributed by atoms with E-state index in [4.69, 9.17) is 16.3 Å². The molecule has 188 valence electrons. The highest BCUT2D eigenvalue weighted by Gasteiger charge is 2.36. The van der Waals surface area contributed by atoms with Crippen molar-refractivity contribution in [3.8, 4) is 0 Å². The maximum absolute atomic E-state index is 14.3. The number of carbonyl (C=O) groups is 1. The lowest BCUT2D eigenvalue weighted by Gasteiger charge is -2.47. The highest BCUT2D eigenvalue weighted by atomic mass is 35.5. The average molecular weight is 524 g/mol. The lowest BCUT2D eigenvalue weighted by molar-refractivity contribution is -0.0699. The monoisotopic (exact) mass is 523 g/mol. The molecule has 1 amide bonds. The number of anilines is 1. The SMILES string of the molecule is C[C@H](/C=C/S(C)(=O)=O)NC(=O)c1cnc(N2CCN(C3COC3)CC2c2cccc(F)c2Cl)cn1. The first-order valence-electron chi connectivity index (χ1n) is 11.2. The minimum absolute atomic E-state index is 0.0781. The zero-order chi connectivity index (χ0) is 25.2. The number of amides is 1. The van der Waals surface area contributed by atoms with Gasteiger partial charge in [0.25, 0.3) is 5.91 Å². The van der Waals surface area contributed by atoms with Crippen molar-refractivity contribution in [1.29, 1.82) is 0 Å². The van der Waals surface area contributed by atoms with Crippen LogP contribution in [0.15, 0.2) is 42.1 Å². The summed E-state index contributed by atoms with van der Waals surface area (Å²) >= 11 is 6.35. The maximum Gasteiger partial charge on any atom is 0.271 e. The molecule has 1 unspecified atom stereocenters. The second kappa shape index (κ2) is 10.6. The van der Waals surface area contributed by atoms with Crippen LogP contribution in [0.3, 0.4) is 0 Å². The van der Waals surface area contributed by atoms with Gasteiger partial charge in [-0.25, -0.2) is 22.8 Å². The number of nitrogens with one attached hydrogen (secondary N) is 1. The highest BCUT2D eigenvalue weighted by Crippen LogP contribution is 2.35. The number of nitrogens with zero attached hydrogens (tertiary/aromatic N) is 4. The molecule has 0 radical (unpaired) electrons. The van der Waals surface area contributed by atoms with Gasteiger partial charge in [0.15, 0.2) is 9.84 Å². The second-order valence-electron chi connectivity index (χ2n) is 8.72. The number of carbonyl (C=O) groups excluding carboxylic acids is 1. The van der Waals surface area contributed by atoms with Gasteiger partial charge in [-0.1, -0.05) is 29.8 Å². The molecule has 4 rings (SSSR count). The molecule has 3 heterocycles. The summed E-state index contributed by atoms with van der Waals surface area (Å²) in [6.07, 6.45) is 5.34. The van der Waals surface area contributed by atoms with E-state index in [0.717, 1.165) is 18.2 Å².